The lowest BCUT2D eigenvalue weighted by atomic mass is 9.71. The number of halogens is 2. The largest absolute Gasteiger partial charge is 0.203 e. The first kappa shape index (κ1) is 20.3. The van der Waals surface area contributed by atoms with E-state index in [1.807, 2.05) is 6.92 Å². The van der Waals surface area contributed by atoms with Gasteiger partial charge in [0, 0.05) is 5.56 Å². The smallest absolute Gasteiger partial charge is 0.166 e. The first-order valence-electron chi connectivity index (χ1n) is 11.0. The molecule has 2 aliphatic carbocycles. The fraction of sp³-hybridized carbons (Fsp3) is 0.600. The van der Waals surface area contributed by atoms with Crippen LogP contribution in [-0.4, -0.2) is 0 Å². The van der Waals surface area contributed by atoms with Crippen molar-refractivity contribution >= 4 is 5.57 Å². The molecule has 1 saturated carbocycles. The lowest BCUT2D eigenvalue weighted by Gasteiger charge is -2.35. The molecule has 3 rings (SSSR count). The highest BCUT2D eigenvalue weighted by molar-refractivity contribution is 5.67. The summed E-state index contributed by atoms with van der Waals surface area (Å²) in [4.78, 5) is 0. The third-order valence-corrected chi connectivity index (χ3v) is 6.69. The molecule has 1 fully saturated rings. The van der Waals surface area contributed by atoms with E-state index in [9.17, 15) is 8.78 Å². The number of hydrogen-bond acceptors (Lipinski definition) is 0. The molecule has 0 N–H and O–H groups in total. The van der Waals surface area contributed by atoms with Crippen molar-refractivity contribution in [3.05, 3.63) is 53.1 Å². The zero-order valence-corrected chi connectivity index (χ0v) is 16.9. The Labute approximate surface area is 163 Å². The maximum Gasteiger partial charge on any atom is 0.166 e. The minimum Gasteiger partial charge on any atom is -0.203 e. The summed E-state index contributed by atoms with van der Waals surface area (Å²) >= 11 is 0. The highest BCUT2D eigenvalue weighted by atomic mass is 19.2. The number of allylic oxidation sites excluding steroid dienone is 4. The lowest BCUT2D eigenvalue weighted by Crippen LogP contribution is -2.22. The minimum absolute atomic E-state index is 0.468. The van der Waals surface area contributed by atoms with Crippen LogP contribution in [0.4, 0.5) is 8.78 Å². The van der Waals surface area contributed by atoms with Crippen molar-refractivity contribution in [3.8, 4) is 0 Å². The molecule has 0 radical (unpaired) electrons. The van der Waals surface area contributed by atoms with Crippen LogP contribution >= 0.6 is 0 Å². The molecule has 1 atom stereocenters. The van der Waals surface area contributed by atoms with Gasteiger partial charge in [0.05, 0.1) is 0 Å². The summed E-state index contributed by atoms with van der Waals surface area (Å²) in [5.41, 5.74) is 1.95. The standard InChI is InChI=1S/C25H34F2/c1-3-5-6-7-18-8-10-20(11-9-18)21-12-14-22(15-13-21)23-17-16-19(4-2)24(26)25(23)27/h6-7,14,16-18,20-21H,3-5,8-13,15H2,1-2H3. The third-order valence-electron chi connectivity index (χ3n) is 6.69. The van der Waals surface area contributed by atoms with Crippen molar-refractivity contribution in [3.63, 3.8) is 0 Å². The van der Waals surface area contributed by atoms with Crippen LogP contribution in [0.5, 0.6) is 0 Å². The van der Waals surface area contributed by atoms with Gasteiger partial charge in [-0.25, -0.2) is 8.78 Å². The molecule has 0 saturated heterocycles. The number of unbranched alkanes of at least 4 members (excludes halogenated alkanes) is 1. The summed E-state index contributed by atoms with van der Waals surface area (Å²) in [5.74, 6) is 0.988. The van der Waals surface area contributed by atoms with Crippen LogP contribution in [0.25, 0.3) is 5.57 Å². The van der Waals surface area contributed by atoms with Gasteiger partial charge in [-0.3, -0.25) is 0 Å². The Morgan fingerprint density at radius 3 is 2.37 bits per heavy atom. The van der Waals surface area contributed by atoms with Crippen molar-refractivity contribution in [2.45, 2.75) is 78.1 Å². The SMILES string of the molecule is CCCC=CC1CCC(C2CC=C(c3ccc(CC)c(F)c3F)CC2)CC1. The highest BCUT2D eigenvalue weighted by Gasteiger charge is 2.28. The summed E-state index contributed by atoms with van der Waals surface area (Å²) in [7, 11) is 0. The van der Waals surface area contributed by atoms with Crippen molar-refractivity contribution in [2.75, 3.05) is 0 Å². The fourth-order valence-corrected chi connectivity index (χ4v) is 4.90. The highest BCUT2D eigenvalue weighted by Crippen LogP contribution is 2.42. The summed E-state index contributed by atoms with van der Waals surface area (Å²) in [6.45, 7) is 4.08. The molecule has 0 aliphatic heterocycles. The lowest BCUT2D eigenvalue weighted by molar-refractivity contribution is 0.212. The number of hydrogen-bond donors (Lipinski definition) is 0. The molecule has 0 bridgehead atoms. The van der Waals surface area contributed by atoms with E-state index >= 15 is 0 Å². The van der Waals surface area contributed by atoms with Crippen molar-refractivity contribution in [2.24, 2.45) is 17.8 Å². The van der Waals surface area contributed by atoms with E-state index in [4.69, 9.17) is 0 Å². The summed E-state index contributed by atoms with van der Waals surface area (Å²) in [5, 5.41) is 0. The Morgan fingerprint density at radius 1 is 0.963 bits per heavy atom. The maximum absolute atomic E-state index is 14.4. The van der Waals surface area contributed by atoms with E-state index in [1.165, 1.54) is 38.5 Å². The molecule has 1 aromatic carbocycles. The Balaban J connectivity index is 1.57. The predicted molar refractivity (Wildman–Crippen MR) is 111 cm³/mol. The summed E-state index contributed by atoms with van der Waals surface area (Å²) in [6, 6.07) is 3.52. The number of aryl methyl sites for hydroxylation is 1. The minimum atomic E-state index is -0.660. The zero-order chi connectivity index (χ0) is 19.2. The number of rotatable bonds is 6. The molecule has 0 nitrogen and oxygen atoms in total. The second-order valence-corrected chi connectivity index (χ2v) is 8.41. The Hall–Kier alpha value is -1.44. The van der Waals surface area contributed by atoms with Crippen LogP contribution in [0.2, 0.25) is 0 Å². The molecule has 0 spiro atoms. The molecular weight excluding hydrogens is 338 g/mol. The molecule has 148 valence electrons. The average molecular weight is 373 g/mol. The molecular formula is C25H34F2. The van der Waals surface area contributed by atoms with Crippen LogP contribution in [0.15, 0.2) is 30.4 Å². The number of benzene rings is 1. The second kappa shape index (κ2) is 9.66. The van der Waals surface area contributed by atoms with Crippen molar-refractivity contribution < 1.29 is 8.78 Å². The van der Waals surface area contributed by atoms with Gasteiger partial charge in [0.2, 0.25) is 0 Å². The molecule has 0 amide bonds. The van der Waals surface area contributed by atoms with Crippen LogP contribution < -0.4 is 0 Å². The Morgan fingerprint density at radius 2 is 1.74 bits per heavy atom. The van der Waals surface area contributed by atoms with Gasteiger partial charge >= 0.3 is 0 Å². The quantitative estimate of drug-likeness (QED) is 0.446. The normalized spacial score (nSPS) is 26.4. The summed E-state index contributed by atoms with van der Waals surface area (Å²) < 4.78 is 28.6. The van der Waals surface area contributed by atoms with Gasteiger partial charge in [-0.05, 0) is 86.7 Å². The zero-order valence-electron chi connectivity index (χ0n) is 16.9. The Kier molecular flexibility index (Phi) is 7.26. The summed E-state index contributed by atoms with van der Waals surface area (Å²) in [6.07, 6.45) is 18.2. The second-order valence-electron chi connectivity index (χ2n) is 8.41. The molecule has 0 heterocycles. The van der Waals surface area contributed by atoms with Gasteiger partial charge in [-0.15, -0.1) is 0 Å². The van der Waals surface area contributed by atoms with E-state index in [2.05, 4.69) is 25.2 Å². The molecule has 1 unspecified atom stereocenters. The predicted octanol–water partition coefficient (Wildman–Crippen LogP) is 7.87. The fourth-order valence-electron chi connectivity index (χ4n) is 4.90. The van der Waals surface area contributed by atoms with E-state index in [-0.39, 0.29) is 0 Å². The van der Waals surface area contributed by atoms with Gasteiger partial charge in [0.25, 0.3) is 0 Å². The monoisotopic (exact) mass is 372 g/mol. The molecule has 2 aliphatic rings. The molecule has 2 heteroatoms. The van der Waals surface area contributed by atoms with E-state index in [1.54, 1.807) is 12.1 Å². The van der Waals surface area contributed by atoms with Gasteiger partial charge in [0.1, 0.15) is 0 Å². The van der Waals surface area contributed by atoms with E-state index in [0.717, 1.165) is 42.6 Å². The van der Waals surface area contributed by atoms with Gasteiger partial charge < -0.3 is 0 Å². The van der Waals surface area contributed by atoms with Gasteiger partial charge in [0.15, 0.2) is 11.6 Å². The van der Waals surface area contributed by atoms with Crippen LogP contribution in [0.3, 0.4) is 0 Å². The van der Waals surface area contributed by atoms with Crippen LogP contribution in [0, 0.1) is 29.4 Å². The van der Waals surface area contributed by atoms with Crippen LogP contribution in [-0.2, 0) is 6.42 Å². The molecule has 1 aromatic rings. The van der Waals surface area contributed by atoms with Crippen LogP contribution in [0.1, 0.15) is 82.8 Å². The third kappa shape index (κ3) is 4.89. The first-order valence-corrected chi connectivity index (χ1v) is 11.0. The topological polar surface area (TPSA) is 0 Å². The van der Waals surface area contributed by atoms with Gasteiger partial charge in [-0.1, -0.05) is 50.6 Å². The van der Waals surface area contributed by atoms with E-state index < -0.39 is 11.6 Å². The average Bonchev–Trinajstić information content (AvgIpc) is 2.71. The van der Waals surface area contributed by atoms with Crippen molar-refractivity contribution in [1.29, 1.82) is 0 Å². The van der Waals surface area contributed by atoms with Gasteiger partial charge in [-0.2, -0.15) is 0 Å². The maximum atomic E-state index is 14.4. The Bertz CT molecular complexity index is 678. The molecule has 0 aromatic heterocycles. The van der Waals surface area contributed by atoms with Crippen molar-refractivity contribution in [1.82, 2.24) is 0 Å². The molecule has 27 heavy (non-hydrogen) atoms. The van der Waals surface area contributed by atoms with E-state index in [0.29, 0.717) is 17.5 Å². The first-order chi connectivity index (χ1) is 13.1.